The highest BCUT2D eigenvalue weighted by Gasteiger charge is 2.53. The third-order valence-electron chi connectivity index (χ3n) is 12.4. The molecule has 58 heavy (non-hydrogen) atoms. The van der Waals surface area contributed by atoms with Crippen molar-refractivity contribution >= 4 is 17.7 Å². The van der Waals surface area contributed by atoms with Crippen molar-refractivity contribution in [2.24, 2.45) is 23.7 Å². The van der Waals surface area contributed by atoms with E-state index >= 15 is 0 Å². The smallest absolute Gasteiger partial charge is 0.312 e. The Labute approximate surface area is 343 Å². The van der Waals surface area contributed by atoms with Crippen LogP contribution in [0.2, 0.25) is 0 Å². The summed E-state index contributed by atoms with van der Waals surface area (Å²) in [7, 11) is 5.12. The normalized spacial score (nSPS) is 36.9. The standard InChI is InChI=1S/C45H66FNO11/c1-12-35-45(8,52)40(50)28(4)37(49)26(2)24-44(7,54-11)41(29(5)38(30(6)42(51)56-35)57-36(48)23-31-18-20-33(46)21-19-31)58-43-39(53-10)34(22-27(3)55-43)47(9)25-32-16-14-13-15-17-32/h13-21,26-30,34-35,38-41,43,50,52H,12,22-25H2,1-11H3/t26-,27+,28-,29+,30-,34-,35-,38+,39+,40-,41-,43?,44-,45-/m1/s1. The van der Waals surface area contributed by atoms with E-state index in [4.69, 9.17) is 28.4 Å². The third kappa shape index (κ3) is 11.1. The Morgan fingerprint density at radius 3 is 2.17 bits per heavy atom. The average molecular weight is 816 g/mol. The van der Waals surface area contributed by atoms with Crippen LogP contribution in [0.1, 0.15) is 85.8 Å². The zero-order chi connectivity index (χ0) is 43.1. The van der Waals surface area contributed by atoms with Gasteiger partial charge in [-0.2, -0.15) is 0 Å². The number of aliphatic hydroxyl groups excluding tert-OH is 1. The number of carbonyl (C=O) groups is 3. The first-order valence-corrected chi connectivity index (χ1v) is 20.5. The first kappa shape index (κ1) is 47.4. The van der Waals surface area contributed by atoms with Crippen LogP contribution in [0.15, 0.2) is 54.6 Å². The van der Waals surface area contributed by atoms with E-state index in [1.807, 2.05) is 32.2 Å². The van der Waals surface area contributed by atoms with Crippen LogP contribution in [0.4, 0.5) is 4.39 Å². The molecule has 14 atom stereocenters. The Kier molecular flexibility index (Phi) is 16.6. The van der Waals surface area contributed by atoms with E-state index in [1.54, 1.807) is 48.7 Å². The van der Waals surface area contributed by atoms with Gasteiger partial charge in [0, 0.05) is 44.6 Å². The minimum absolute atomic E-state index is 0.0834. The van der Waals surface area contributed by atoms with Gasteiger partial charge < -0.3 is 38.6 Å². The molecule has 2 aromatic rings. The number of benzene rings is 2. The molecular weight excluding hydrogens is 749 g/mol. The summed E-state index contributed by atoms with van der Waals surface area (Å²) in [6, 6.07) is 15.4. The number of hydrogen-bond donors (Lipinski definition) is 2. The van der Waals surface area contributed by atoms with Gasteiger partial charge in [0.2, 0.25) is 0 Å². The number of likely N-dealkylation sites (N-methyl/N-ethyl adjacent to an activating group) is 1. The Bertz CT molecular complexity index is 1640. The summed E-state index contributed by atoms with van der Waals surface area (Å²) in [5.74, 6) is -5.99. The van der Waals surface area contributed by atoms with E-state index in [-0.39, 0.29) is 37.2 Å². The molecule has 13 heteroatoms. The maximum absolute atomic E-state index is 14.2. The van der Waals surface area contributed by atoms with Crippen molar-refractivity contribution in [3.05, 3.63) is 71.5 Å². The number of hydrogen-bond acceptors (Lipinski definition) is 12. The molecule has 324 valence electrons. The molecule has 12 nitrogen and oxygen atoms in total. The SMILES string of the molecule is CC[C@H]1OC(=O)[C@H](C)[C@@H](OC(=O)Cc2ccc(F)cc2)[C@H](C)[C@@H](OC2O[C@@H](C)C[C@@H](N(C)Cc3ccccc3)[C@@H]2OC)[C@](C)(OC)C[C@@H](C)C(=O)[C@@H](C)[C@@H](O)[C@]1(C)O. The lowest BCUT2D eigenvalue weighted by Gasteiger charge is -2.49. The molecule has 2 N–H and O–H groups in total. The molecule has 0 bridgehead atoms. The van der Waals surface area contributed by atoms with E-state index < -0.39 is 89.4 Å². The van der Waals surface area contributed by atoms with Crippen LogP contribution < -0.4 is 0 Å². The van der Waals surface area contributed by atoms with Gasteiger partial charge in [-0.25, -0.2) is 4.39 Å². The predicted molar refractivity (Wildman–Crippen MR) is 215 cm³/mol. The molecule has 2 aliphatic rings. The van der Waals surface area contributed by atoms with Crippen molar-refractivity contribution in [3.8, 4) is 0 Å². The van der Waals surface area contributed by atoms with Gasteiger partial charge >= 0.3 is 11.9 Å². The largest absolute Gasteiger partial charge is 0.461 e. The van der Waals surface area contributed by atoms with E-state index in [9.17, 15) is 29.0 Å². The lowest BCUT2D eigenvalue weighted by Crippen LogP contribution is -2.61. The Morgan fingerprint density at radius 2 is 1.59 bits per heavy atom. The molecule has 1 unspecified atom stereocenters. The Morgan fingerprint density at radius 1 is 0.948 bits per heavy atom. The van der Waals surface area contributed by atoms with Crippen LogP contribution in [-0.2, 0) is 55.8 Å². The van der Waals surface area contributed by atoms with E-state index in [0.717, 1.165) is 5.56 Å². The van der Waals surface area contributed by atoms with Crippen LogP contribution in [-0.4, -0.2) is 114 Å². The average Bonchev–Trinajstić information content (AvgIpc) is 3.19. The molecule has 2 aromatic carbocycles. The topological polar surface area (TPSA) is 150 Å². The molecule has 4 rings (SSSR count). The van der Waals surface area contributed by atoms with Gasteiger partial charge in [-0.1, -0.05) is 70.2 Å². The maximum atomic E-state index is 14.2. The van der Waals surface area contributed by atoms with Crippen LogP contribution in [0, 0.1) is 29.5 Å². The number of nitrogens with zero attached hydrogens (tertiary/aromatic N) is 1. The molecule has 2 aliphatic heterocycles. The zero-order valence-corrected chi connectivity index (χ0v) is 36.1. The number of carbonyl (C=O) groups excluding carboxylic acids is 3. The summed E-state index contributed by atoms with van der Waals surface area (Å²) in [5, 5.41) is 23.1. The minimum Gasteiger partial charge on any atom is -0.461 e. The number of halogens is 1. The molecule has 2 fully saturated rings. The first-order valence-electron chi connectivity index (χ1n) is 20.5. The van der Waals surface area contributed by atoms with Gasteiger partial charge in [-0.3, -0.25) is 19.3 Å². The first-order chi connectivity index (χ1) is 27.3. The molecule has 0 spiro atoms. The van der Waals surface area contributed by atoms with Gasteiger partial charge in [0.25, 0.3) is 0 Å². The van der Waals surface area contributed by atoms with Crippen molar-refractivity contribution in [2.75, 3.05) is 21.3 Å². The summed E-state index contributed by atoms with van der Waals surface area (Å²) in [6.45, 7) is 14.1. The lowest BCUT2D eigenvalue weighted by molar-refractivity contribution is -0.306. The maximum Gasteiger partial charge on any atom is 0.312 e. The Hall–Kier alpha value is -3.30. The number of aliphatic hydroxyl groups is 2. The van der Waals surface area contributed by atoms with E-state index in [2.05, 4.69) is 17.0 Å². The molecule has 0 amide bonds. The fraction of sp³-hybridized carbons (Fsp3) is 0.667. The van der Waals surface area contributed by atoms with Crippen molar-refractivity contribution < 1.29 is 57.4 Å². The number of methoxy groups -OCH3 is 2. The molecule has 0 aromatic heterocycles. The van der Waals surface area contributed by atoms with Crippen molar-refractivity contribution in [3.63, 3.8) is 0 Å². The number of ketones is 1. The molecular formula is C45H66FNO11. The summed E-state index contributed by atoms with van der Waals surface area (Å²) < 4.78 is 51.9. The summed E-state index contributed by atoms with van der Waals surface area (Å²) >= 11 is 0. The van der Waals surface area contributed by atoms with Gasteiger partial charge in [0.1, 0.15) is 35.5 Å². The van der Waals surface area contributed by atoms with Crippen molar-refractivity contribution in [2.45, 2.75) is 148 Å². The summed E-state index contributed by atoms with van der Waals surface area (Å²) in [4.78, 5) is 44.3. The van der Waals surface area contributed by atoms with Crippen LogP contribution in [0.5, 0.6) is 0 Å². The molecule has 0 aliphatic carbocycles. The highest BCUT2D eigenvalue weighted by molar-refractivity contribution is 5.83. The van der Waals surface area contributed by atoms with Gasteiger partial charge in [-0.15, -0.1) is 0 Å². The minimum atomic E-state index is -2.01. The van der Waals surface area contributed by atoms with Crippen LogP contribution in [0.3, 0.4) is 0 Å². The highest BCUT2D eigenvalue weighted by Crippen LogP contribution is 2.40. The van der Waals surface area contributed by atoms with Gasteiger partial charge in [0.05, 0.1) is 36.3 Å². The number of Topliss-reactive ketones (excluding diaryl/α,β-unsaturated/α-hetero) is 1. The van der Waals surface area contributed by atoms with Crippen molar-refractivity contribution in [1.82, 2.24) is 4.90 Å². The van der Waals surface area contributed by atoms with E-state index in [0.29, 0.717) is 18.5 Å². The second-order valence-electron chi connectivity index (χ2n) is 17.0. The van der Waals surface area contributed by atoms with Gasteiger partial charge in [-0.05, 0) is 77.3 Å². The quantitative estimate of drug-likeness (QED) is 0.269. The number of ether oxygens (including phenoxy) is 6. The fourth-order valence-electron chi connectivity index (χ4n) is 8.91. The number of cyclic esters (lactones) is 1. The zero-order valence-electron chi connectivity index (χ0n) is 36.1. The molecule has 2 heterocycles. The van der Waals surface area contributed by atoms with E-state index in [1.165, 1.54) is 38.3 Å². The lowest BCUT2D eigenvalue weighted by atomic mass is 9.74. The Balaban J connectivity index is 1.82. The number of rotatable bonds is 11. The van der Waals surface area contributed by atoms with Crippen LogP contribution in [0.25, 0.3) is 0 Å². The second kappa shape index (κ2) is 20.3. The highest BCUT2D eigenvalue weighted by atomic mass is 19.1. The number of esters is 2. The summed E-state index contributed by atoms with van der Waals surface area (Å²) in [5.41, 5.74) is -1.68. The van der Waals surface area contributed by atoms with Crippen molar-refractivity contribution in [1.29, 1.82) is 0 Å². The fourth-order valence-corrected chi connectivity index (χ4v) is 8.91. The molecule has 2 saturated heterocycles. The molecule has 0 radical (unpaired) electrons. The predicted octanol–water partition coefficient (Wildman–Crippen LogP) is 5.67. The monoisotopic (exact) mass is 815 g/mol. The molecule has 0 saturated carbocycles. The van der Waals surface area contributed by atoms with Crippen LogP contribution >= 0.6 is 0 Å². The summed E-state index contributed by atoms with van der Waals surface area (Å²) in [6.07, 6.45) is -6.23. The second-order valence-corrected chi connectivity index (χ2v) is 17.0. The van der Waals surface area contributed by atoms with Gasteiger partial charge in [0.15, 0.2) is 6.29 Å². The third-order valence-corrected chi connectivity index (χ3v) is 12.4.